The number of benzene rings is 2. The number of hydrogen-bond donors (Lipinski definition) is 1. The molecular weight excluding hydrogens is 376 g/mol. The molecule has 0 aliphatic carbocycles. The van der Waals surface area contributed by atoms with Crippen LogP contribution in [0, 0.1) is 13.8 Å². The predicted molar refractivity (Wildman–Crippen MR) is 117 cm³/mol. The van der Waals surface area contributed by atoms with Crippen LogP contribution in [0.3, 0.4) is 0 Å². The Labute approximate surface area is 176 Å². The number of allylic oxidation sites excluding steroid dienone is 1. The minimum atomic E-state index is -0.350. The largest absolute Gasteiger partial charge is 0.334 e. The number of nitrogens with zero attached hydrogens (tertiary/aromatic N) is 3. The Kier molecular flexibility index (Phi) is 5.40. The van der Waals surface area contributed by atoms with Gasteiger partial charge in [-0.25, -0.2) is 4.79 Å². The maximum absolute atomic E-state index is 12.8. The number of urea groups is 1. The lowest BCUT2D eigenvalue weighted by Crippen LogP contribution is -2.46. The number of nitrogens with one attached hydrogen (secondary N) is 1. The molecule has 0 radical (unpaired) electrons. The van der Waals surface area contributed by atoms with Crippen LogP contribution in [0.4, 0.5) is 4.79 Å². The summed E-state index contributed by atoms with van der Waals surface area (Å²) in [6, 6.07) is 15.7. The van der Waals surface area contributed by atoms with Crippen LogP contribution in [-0.4, -0.2) is 27.6 Å². The summed E-state index contributed by atoms with van der Waals surface area (Å²) in [6.45, 7) is 8.70. The number of amides is 2. The predicted octanol–water partition coefficient (Wildman–Crippen LogP) is 5.26. The fourth-order valence-electron chi connectivity index (χ4n) is 3.71. The fraction of sp³-hybridized carbons (Fsp3) is 0.292. The van der Waals surface area contributed by atoms with Gasteiger partial charge in [0, 0.05) is 17.8 Å². The van der Waals surface area contributed by atoms with Crippen LogP contribution in [0.2, 0.25) is 0 Å². The van der Waals surface area contributed by atoms with Crippen molar-refractivity contribution in [2.45, 2.75) is 40.2 Å². The van der Waals surface area contributed by atoms with Gasteiger partial charge in [-0.1, -0.05) is 71.7 Å². The summed E-state index contributed by atoms with van der Waals surface area (Å²) in [7, 11) is 0. The number of carbonyl (C=O) groups excluding carboxylic acids is 1. The molecule has 1 atom stereocenters. The third-order valence-electron chi connectivity index (χ3n) is 5.42. The highest BCUT2D eigenvalue weighted by Crippen LogP contribution is 2.37. The van der Waals surface area contributed by atoms with Crippen molar-refractivity contribution in [3.63, 3.8) is 0 Å². The maximum atomic E-state index is 12.8. The van der Waals surface area contributed by atoms with E-state index in [-0.39, 0.29) is 12.1 Å². The van der Waals surface area contributed by atoms with Gasteiger partial charge < -0.3 is 9.84 Å². The zero-order valence-electron chi connectivity index (χ0n) is 17.8. The molecular formula is C24H26N4O2. The zero-order chi connectivity index (χ0) is 21.3. The van der Waals surface area contributed by atoms with E-state index in [0.29, 0.717) is 18.3 Å². The Balaban J connectivity index is 1.80. The lowest BCUT2D eigenvalue weighted by atomic mass is 9.94. The Morgan fingerprint density at radius 1 is 1.00 bits per heavy atom. The van der Waals surface area contributed by atoms with E-state index in [1.807, 2.05) is 69.3 Å². The van der Waals surface area contributed by atoms with Crippen molar-refractivity contribution < 1.29 is 9.32 Å². The van der Waals surface area contributed by atoms with Crippen molar-refractivity contribution in [1.29, 1.82) is 0 Å². The van der Waals surface area contributed by atoms with Gasteiger partial charge in [-0.3, -0.25) is 4.90 Å². The van der Waals surface area contributed by atoms with Crippen molar-refractivity contribution in [2.24, 2.45) is 0 Å². The van der Waals surface area contributed by atoms with Crippen LogP contribution >= 0.6 is 0 Å². The average molecular weight is 402 g/mol. The van der Waals surface area contributed by atoms with Crippen molar-refractivity contribution in [1.82, 2.24) is 20.4 Å². The zero-order valence-corrected chi connectivity index (χ0v) is 17.8. The van der Waals surface area contributed by atoms with Crippen LogP contribution in [0.1, 0.15) is 48.9 Å². The van der Waals surface area contributed by atoms with Gasteiger partial charge in [0.1, 0.15) is 0 Å². The van der Waals surface area contributed by atoms with E-state index >= 15 is 0 Å². The molecule has 4 rings (SSSR count). The average Bonchev–Trinajstić information content (AvgIpc) is 3.21. The Bertz CT molecular complexity index is 1080. The van der Waals surface area contributed by atoms with E-state index in [1.54, 1.807) is 4.90 Å². The molecule has 1 aromatic heterocycles. The summed E-state index contributed by atoms with van der Waals surface area (Å²) in [6.07, 6.45) is 0.853. The van der Waals surface area contributed by atoms with Crippen molar-refractivity contribution in [3.05, 3.63) is 76.8 Å². The molecule has 0 saturated heterocycles. The maximum Gasteiger partial charge on any atom is 0.322 e. The molecule has 0 bridgehead atoms. The normalized spacial score (nSPS) is 16.7. The number of carbonyl (C=O) groups is 1. The van der Waals surface area contributed by atoms with Gasteiger partial charge in [-0.05, 0) is 32.8 Å². The van der Waals surface area contributed by atoms with Crippen LogP contribution in [-0.2, 0) is 0 Å². The molecule has 1 aliphatic rings. The number of hydrogen-bond acceptors (Lipinski definition) is 4. The van der Waals surface area contributed by atoms with Gasteiger partial charge in [-0.15, -0.1) is 0 Å². The SMILES string of the molecule is CCCN1C(=O)NC(c2ccc(C)cc2)C(c2nc(-c3ccc(C)cc3)no2)=C1C. The van der Waals surface area contributed by atoms with Gasteiger partial charge in [0.05, 0.1) is 11.6 Å². The molecule has 1 unspecified atom stereocenters. The van der Waals surface area contributed by atoms with Crippen molar-refractivity contribution in [3.8, 4) is 11.4 Å². The molecule has 1 N–H and O–H groups in total. The van der Waals surface area contributed by atoms with E-state index in [1.165, 1.54) is 5.56 Å². The minimum absolute atomic E-state index is 0.109. The monoisotopic (exact) mass is 402 g/mol. The lowest BCUT2D eigenvalue weighted by Gasteiger charge is -2.35. The molecule has 30 heavy (non-hydrogen) atoms. The van der Waals surface area contributed by atoms with Crippen LogP contribution in [0.15, 0.2) is 58.8 Å². The summed E-state index contributed by atoms with van der Waals surface area (Å²) in [5, 5.41) is 7.33. The molecule has 0 saturated carbocycles. The van der Waals surface area contributed by atoms with Gasteiger partial charge in [0.25, 0.3) is 5.89 Å². The summed E-state index contributed by atoms with van der Waals surface area (Å²) < 4.78 is 5.70. The molecule has 0 spiro atoms. The van der Waals surface area contributed by atoms with Gasteiger partial charge >= 0.3 is 6.03 Å². The van der Waals surface area contributed by atoms with Crippen LogP contribution in [0.25, 0.3) is 17.0 Å². The summed E-state index contributed by atoms with van der Waals surface area (Å²) in [5.41, 5.74) is 5.88. The molecule has 0 fully saturated rings. The van der Waals surface area contributed by atoms with Gasteiger partial charge in [-0.2, -0.15) is 4.98 Å². The van der Waals surface area contributed by atoms with E-state index < -0.39 is 0 Å². The molecule has 6 heteroatoms. The van der Waals surface area contributed by atoms with Gasteiger partial charge in [0.2, 0.25) is 5.82 Å². The van der Waals surface area contributed by atoms with E-state index in [0.717, 1.165) is 34.4 Å². The summed E-state index contributed by atoms with van der Waals surface area (Å²) in [5.74, 6) is 0.960. The third-order valence-corrected chi connectivity index (χ3v) is 5.42. The Hall–Kier alpha value is -3.41. The standard InChI is InChI=1S/C24H26N4O2/c1-5-14-28-17(4)20(21(25-24(28)29)18-10-6-15(2)7-11-18)23-26-22(27-30-23)19-12-8-16(3)9-13-19/h6-13,21H,5,14H2,1-4H3,(H,25,29). The topological polar surface area (TPSA) is 71.3 Å². The Morgan fingerprint density at radius 2 is 1.63 bits per heavy atom. The molecule has 2 amide bonds. The molecule has 3 aromatic rings. The first kappa shape index (κ1) is 19.9. The van der Waals surface area contributed by atoms with Crippen molar-refractivity contribution >= 4 is 11.6 Å². The molecule has 6 nitrogen and oxygen atoms in total. The lowest BCUT2D eigenvalue weighted by molar-refractivity contribution is 0.205. The first-order valence-corrected chi connectivity index (χ1v) is 10.2. The van der Waals surface area contributed by atoms with E-state index in [4.69, 9.17) is 4.52 Å². The smallest absolute Gasteiger partial charge is 0.322 e. The second-order valence-electron chi connectivity index (χ2n) is 7.73. The number of aryl methyl sites for hydroxylation is 2. The van der Waals surface area contributed by atoms with Crippen LogP contribution in [0.5, 0.6) is 0 Å². The number of aromatic nitrogens is 2. The van der Waals surface area contributed by atoms with Crippen LogP contribution < -0.4 is 5.32 Å². The highest BCUT2D eigenvalue weighted by atomic mass is 16.5. The first-order valence-electron chi connectivity index (χ1n) is 10.2. The summed E-state index contributed by atoms with van der Waals surface area (Å²) in [4.78, 5) is 19.2. The number of rotatable bonds is 5. The van der Waals surface area contributed by atoms with E-state index in [2.05, 4.69) is 22.4 Å². The minimum Gasteiger partial charge on any atom is -0.334 e. The van der Waals surface area contributed by atoms with E-state index in [9.17, 15) is 4.79 Å². The second kappa shape index (κ2) is 8.14. The Morgan fingerprint density at radius 3 is 2.27 bits per heavy atom. The molecule has 154 valence electrons. The first-order chi connectivity index (χ1) is 14.5. The van der Waals surface area contributed by atoms with Crippen molar-refractivity contribution in [2.75, 3.05) is 6.54 Å². The second-order valence-corrected chi connectivity index (χ2v) is 7.73. The fourth-order valence-corrected chi connectivity index (χ4v) is 3.71. The molecule has 1 aliphatic heterocycles. The third kappa shape index (κ3) is 3.73. The van der Waals surface area contributed by atoms with Gasteiger partial charge in [0.15, 0.2) is 0 Å². The quantitative estimate of drug-likeness (QED) is 0.632. The highest BCUT2D eigenvalue weighted by molar-refractivity contribution is 5.86. The summed E-state index contributed by atoms with van der Waals surface area (Å²) >= 11 is 0. The highest BCUT2D eigenvalue weighted by Gasteiger charge is 2.35. The molecule has 2 heterocycles. The molecule has 2 aromatic carbocycles.